The molecule has 28 heavy (non-hydrogen) atoms. The standard InChI is InChI=1S/C21H29N5O2/c1-14-9-15(2)21(16(3)10-14)28-13-20(27)26-8-6-17(11-26)25(4)12-19-23-7-5-18(22)24-19/h5,7,9-10,17H,6,8,11-13H2,1-4H3,(H2,22,23,24). The number of hydrogen-bond donors (Lipinski definition) is 1. The molecule has 0 spiro atoms. The third-order valence-electron chi connectivity index (χ3n) is 5.20. The van der Waals surface area contributed by atoms with Crippen molar-refractivity contribution in [3.63, 3.8) is 0 Å². The van der Waals surface area contributed by atoms with Gasteiger partial charge in [0, 0.05) is 25.3 Å². The number of aromatic nitrogens is 2. The number of hydrogen-bond acceptors (Lipinski definition) is 6. The first-order valence-corrected chi connectivity index (χ1v) is 9.59. The maximum absolute atomic E-state index is 12.6. The van der Waals surface area contributed by atoms with Gasteiger partial charge in [0.1, 0.15) is 17.4 Å². The van der Waals surface area contributed by atoms with Gasteiger partial charge >= 0.3 is 0 Å². The first-order valence-electron chi connectivity index (χ1n) is 9.59. The molecule has 0 saturated carbocycles. The van der Waals surface area contributed by atoms with E-state index in [1.807, 2.05) is 25.8 Å². The van der Waals surface area contributed by atoms with Crippen molar-refractivity contribution < 1.29 is 9.53 Å². The van der Waals surface area contributed by atoms with Crippen LogP contribution < -0.4 is 10.5 Å². The van der Waals surface area contributed by atoms with Gasteiger partial charge in [-0.15, -0.1) is 0 Å². The van der Waals surface area contributed by atoms with Crippen LogP contribution in [0.3, 0.4) is 0 Å². The molecular formula is C21H29N5O2. The molecular weight excluding hydrogens is 354 g/mol. The Morgan fingerprint density at radius 1 is 1.32 bits per heavy atom. The fourth-order valence-electron chi connectivity index (χ4n) is 3.79. The molecule has 1 aliphatic heterocycles. The molecule has 1 fully saturated rings. The summed E-state index contributed by atoms with van der Waals surface area (Å²) >= 11 is 0. The lowest BCUT2D eigenvalue weighted by Gasteiger charge is -2.24. The monoisotopic (exact) mass is 383 g/mol. The van der Waals surface area contributed by atoms with E-state index < -0.39 is 0 Å². The van der Waals surface area contributed by atoms with E-state index in [1.54, 1.807) is 12.3 Å². The lowest BCUT2D eigenvalue weighted by molar-refractivity contribution is -0.132. The number of nitrogen functional groups attached to an aromatic ring is 1. The van der Waals surface area contributed by atoms with Gasteiger partial charge in [-0.25, -0.2) is 9.97 Å². The van der Waals surface area contributed by atoms with Crippen LogP contribution in [0.15, 0.2) is 24.4 Å². The SMILES string of the molecule is Cc1cc(C)c(OCC(=O)N2CCC(N(C)Cc3nccc(N)n3)C2)c(C)c1. The fourth-order valence-corrected chi connectivity index (χ4v) is 3.79. The Hall–Kier alpha value is -2.67. The quantitative estimate of drug-likeness (QED) is 0.822. The zero-order chi connectivity index (χ0) is 20.3. The second-order valence-electron chi connectivity index (χ2n) is 7.61. The Morgan fingerprint density at radius 3 is 2.71 bits per heavy atom. The molecule has 2 N–H and O–H groups in total. The summed E-state index contributed by atoms with van der Waals surface area (Å²) < 4.78 is 5.86. The number of anilines is 1. The van der Waals surface area contributed by atoms with Gasteiger partial charge in [0.25, 0.3) is 5.91 Å². The van der Waals surface area contributed by atoms with Crippen molar-refractivity contribution in [2.75, 3.05) is 32.5 Å². The number of ether oxygens (including phenoxy) is 1. The van der Waals surface area contributed by atoms with E-state index in [2.05, 4.69) is 33.9 Å². The van der Waals surface area contributed by atoms with Gasteiger partial charge in [-0.3, -0.25) is 9.69 Å². The minimum Gasteiger partial charge on any atom is -0.483 e. The van der Waals surface area contributed by atoms with Crippen LogP contribution in [-0.2, 0) is 11.3 Å². The van der Waals surface area contributed by atoms with Gasteiger partial charge in [0.15, 0.2) is 6.61 Å². The lowest BCUT2D eigenvalue weighted by atomic mass is 10.1. The number of likely N-dealkylation sites (tertiary alicyclic amines) is 1. The van der Waals surface area contributed by atoms with Crippen molar-refractivity contribution in [3.05, 3.63) is 46.9 Å². The van der Waals surface area contributed by atoms with Crippen LogP contribution in [0, 0.1) is 20.8 Å². The van der Waals surface area contributed by atoms with E-state index in [0.29, 0.717) is 24.7 Å². The van der Waals surface area contributed by atoms with Crippen LogP contribution >= 0.6 is 0 Å². The summed E-state index contributed by atoms with van der Waals surface area (Å²) in [6, 6.07) is 6.10. The maximum Gasteiger partial charge on any atom is 0.260 e. The molecule has 1 aromatic heterocycles. The van der Waals surface area contributed by atoms with Crippen molar-refractivity contribution in [2.24, 2.45) is 0 Å². The molecule has 3 rings (SSSR count). The zero-order valence-corrected chi connectivity index (χ0v) is 17.1. The topological polar surface area (TPSA) is 84.6 Å². The smallest absolute Gasteiger partial charge is 0.260 e. The first kappa shape index (κ1) is 20.1. The average Bonchev–Trinajstić information content (AvgIpc) is 3.11. The lowest BCUT2D eigenvalue weighted by Crippen LogP contribution is -2.38. The average molecular weight is 383 g/mol. The van der Waals surface area contributed by atoms with E-state index in [0.717, 1.165) is 29.8 Å². The third-order valence-corrected chi connectivity index (χ3v) is 5.20. The van der Waals surface area contributed by atoms with E-state index in [9.17, 15) is 4.79 Å². The van der Waals surface area contributed by atoms with E-state index in [4.69, 9.17) is 10.5 Å². The third kappa shape index (κ3) is 4.78. The van der Waals surface area contributed by atoms with Gasteiger partial charge < -0.3 is 15.4 Å². The number of aryl methyl sites for hydroxylation is 3. The Balaban J connectivity index is 1.52. The van der Waals surface area contributed by atoms with Crippen molar-refractivity contribution in [1.29, 1.82) is 0 Å². The number of carbonyl (C=O) groups is 1. The summed E-state index contributed by atoms with van der Waals surface area (Å²) in [7, 11) is 2.03. The van der Waals surface area contributed by atoms with Crippen LogP contribution in [-0.4, -0.2) is 58.5 Å². The van der Waals surface area contributed by atoms with E-state index in [-0.39, 0.29) is 18.6 Å². The summed E-state index contributed by atoms with van der Waals surface area (Å²) in [5, 5.41) is 0. The first-order chi connectivity index (χ1) is 13.3. The number of carbonyl (C=O) groups excluding carboxylic acids is 1. The minimum atomic E-state index is 0.0236. The van der Waals surface area contributed by atoms with Crippen LogP contribution in [0.5, 0.6) is 5.75 Å². The van der Waals surface area contributed by atoms with Gasteiger partial charge in [0.2, 0.25) is 0 Å². The molecule has 0 aliphatic carbocycles. The molecule has 1 atom stereocenters. The Morgan fingerprint density at radius 2 is 2.04 bits per heavy atom. The summed E-state index contributed by atoms with van der Waals surface area (Å²) in [6.07, 6.45) is 2.59. The molecule has 150 valence electrons. The molecule has 1 saturated heterocycles. The Kier molecular flexibility index (Phi) is 6.14. The number of nitrogens with zero attached hydrogens (tertiary/aromatic N) is 4. The molecule has 1 aromatic carbocycles. The van der Waals surface area contributed by atoms with Gasteiger partial charge in [-0.1, -0.05) is 17.7 Å². The molecule has 1 amide bonds. The Bertz CT molecular complexity index is 831. The molecule has 2 aromatic rings. The largest absolute Gasteiger partial charge is 0.483 e. The van der Waals surface area contributed by atoms with Crippen LogP contribution in [0.25, 0.3) is 0 Å². The molecule has 7 heteroatoms. The highest BCUT2D eigenvalue weighted by Crippen LogP contribution is 2.25. The van der Waals surface area contributed by atoms with Gasteiger partial charge in [0.05, 0.1) is 6.54 Å². The normalized spacial score (nSPS) is 16.6. The highest BCUT2D eigenvalue weighted by Gasteiger charge is 2.29. The number of amides is 1. The summed E-state index contributed by atoms with van der Waals surface area (Å²) in [4.78, 5) is 25.2. The number of rotatable bonds is 6. The predicted octanol–water partition coefficient (Wildman–Crippen LogP) is 2.10. The van der Waals surface area contributed by atoms with Crippen molar-refractivity contribution in [2.45, 2.75) is 39.8 Å². The molecule has 1 unspecified atom stereocenters. The van der Waals surface area contributed by atoms with Gasteiger partial charge in [-0.2, -0.15) is 0 Å². The number of nitrogens with two attached hydrogens (primary N) is 1. The van der Waals surface area contributed by atoms with E-state index in [1.165, 1.54) is 5.56 Å². The minimum absolute atomic E-state index is 0.0236. The summed E-state index contributed by atoms with van der Waals surface area (Å²) in [6.45, 7) is 8.19. The molecule has 0 bridgehead atoms. The second kappa shape index (κ2) is 8.56. The highest BCUT2D eigenvalue weighted by molar-refractivity contribution is 5.78. The molecule has 7 nitrogen and oxygen atoms in total. The molecule has 0 radical (unpaired) electrons. The second-order valence-corrected chi connectivity index (χ2v) is 7.61. The van der Waals surface area contributed by atoms with Crippen LogP contribution in [0.4, 0.5) is 5.82 Å². The summed E-state index contributed by atoms with van der Waals surface area (Å²) in [5.74, 6) is 2.00. The van der Waals surface area contributed by atoms with Crippen LogP contribution in [0.1, 0.15) is 28.9 Å². The van der Waals surface area contributed by atoms with Crippen molar-refractivity contribution in [1.82, 2.24) is 19.8 Å². The molecule has 1 aliphatic rings. The van der Waals surface area contributed by atoms with Crippen LogP contribution in [0.2, 0.25) is 0 Å². The number of likely N-dealkylation sites (N-methyl/N-ethyl adjacent to an activating group) is 1. The number of benzene rings is 1. The fraction of sp³-hybridized carbons (Fsp3) is 0.476. The zero-order valence-electron chi connectivity index (χ0n) is 17.1. The van der Waals surface area contributed by atoms with Gasteiger partial charge in [-0.05, 0) is 51.4 Å². The Labute approximate surface area is 166 Å². The molecule has 2 heterocycles. The summed E-state index contributed by atoms with van der Waals surface area (Å²) in [5.41, 5.74) is 9.04. The van der Waals surface area contributed by atoms with Crippen molar-refractivity contribution in [3.8, 4) is 5.75 Å². The highest BCUT2D eigenvalue weighted by atomic mass is 16.5. The predicted molar refractivity (Wildman–Crippen MR) is 109 cm³/mol. The van der Waals surface area contributed by atoms with E-state index >= 15 is 0 Å². The van der Waals surface area contributed by atoms with Crippen molar-refractivity contribution >= 4 is 11.7 Å². The maximum atomic E-state index is 12.6.